The van der Waals surface area contributed by atoms with Gasteiger partial charge in [0.15, 0.2) is 11.5 Å². The minimum absolute atomic E-state index is 0.0774. The average Bonchev–Trinajstić information content (AvgIpc) is 3.45. The number of benzene rings is 2. The molecule has 2 saturated heterocycles. The number of nitrogens with one attached hydrogen (secondary N) is 1. The van der Waals surface area contributed by atoms with Gasteiger partial charge in [-0.15, -0.1) is 0 Å². The van der Waals surface area contributed by atoms with E-state index in [-0.39, 0.29) is 30.4 Å². The Bertz CT molecular complexity index is 1230. The fourth-order valence-electron chi connectivity index (χ4n) is 5.97. The fourth-order valence-corrected chi connectivity index (χ4v) is 5.97. The van der Waals surface area contributed by atoms with Gasteiger partial charge in [-0.2, -0.15) is 0 Å². The molecule has 1 unspecified atom stereocenters. The molecule has 1 saturated carbocycles. The number of methoxy groups -OCH3 is 1. The molecule has 3 fully saturated rings. The van der Waals surface area contributed by atoms with Gasteiger partial charge in [-0.3, -0.25) is 24.6 Å². The van der Waals surface area contributed by atoms with E-state index in [1.54, 1.807) is 18.1 Å². The molecule has 194 valence electrons. The van der Waals surface area contributed by atoms with E-state index in [0.717, 1.165) is 55.2 Å². The Labute approximate surface area is 215 Å². The van der Waals surface area contributed by atoms with E-state index in [1.807, 2.05) is 36.4 Å². The molecule has 0 aromatic heterocycles. The van der Waals surface area contributed by atoms with Crippen LogP contribution in [0.15, 0.2) is 42.5 Å². The zero-order valence-corrected chi connectivity index (χ0v) is 20.9. The molecule has 3 atom stereocenters. The summed E-state index contributed by atoms with van der Waals surface area (Å²) in [5.41, 5.74) is 1.45. The Morgan fingerprint density at radius 1 is 0.946 bits per heavy atom. The number of piperidine rings is 1. The van der Waals surface area contributed by atoms with Crippen LogP contribution in [0.1, 0.15) is 48.0 Å². The van der Waals surface area contributed by atoms with Crippen LogP contribution in [-0.4, -0.2) is 72.0 Å². The van der Waals surface area contributed by atoms with Crippen molar-refractivity contribution in [3.8, 4) is 17.2 Å². The summed E-state index contributed by atoms with van der Waals surface area (Å²) in [6.45, 7) is 2.05. The standard InChI is InChI=1S/C28H31N3O6/c1-35-24-6-2-3-7-25(24)37-19-15-30(16-19)21-5-4-8-23(21)36-18-9-10-20-17(13-18)14-31(28(20)34)22-11-12-26(32)29-27(22)33/h2-3,6-7,9-10,13,19,21-23H,4-5,8,11-12,14-16H2,1H3,(H,29,32,33)/t21-,22?,23-/m1/s1. The number of nitrogens with zero attached hydrogens (tertiary/aromatic N) is 2. The van der Waals surface area contributed by atoms with Crippen LogP contribution in [0.5, 0.6) is 17.2 Å². The number of fused-ring (bicyclic) bond motifs is 1. The maximum atomic E-state index is 13.0. The lowest BCUT2D eigenvalue weighted by Gasteiger charge is -2.44. The molecule has 1 N–H and O–H groups in total. The van der Waals surface area contributed by atoms with Crippen LogP contribution < -0.4 is 19.5 Å². The van der Waals surface area contributed by atoms with Crippen molar-refractivity contribution in [1.29, 1.82) is 0 Å². The maximum absolute atomic E-state index is 13.0. The second-order valence-electron chi connectivity index (χ2n) is 10.2. The Kier molecular flexibility index (Phi) is 6.24. The number of rotatable bonds is 7. The van der Waals surface area contributed by atoms with E-state index in [0.29, 0.717) is 24.6 Å². The third kappa shape index (κ3) is 4.52. The number of carbonyl (C=O) groups excluding carboxylic acids is 3. The second-order valence-corrected chi connectivity index (χ2v) is 10.2. The fraction of sp³-hybridized carbons (Fsp3) is 0.464. The zero-order chi connectivity index (χ0) is 25.5. The van der Waals surface area contributed by atoms with Gasteiger partial charge in [-0.25, -0.2) is 0 Å². The zero-order valence-electron chi connectivity index (χ0n) is 20.9. The molecular formula is C28H31N3O6. The van der Waals surface area contributed by atoms with Crippen LogP contribution in [0.3, 0.4) is 0 Å². The minimum atomic E-state index is -0.612. The second kappa shape index (κ2) is 9.70. The van der Waals surface area contributed by atoms with Crippen molar-refractivity contribution in [2.75, 3.05) is 20.2 Å². The number of carbonyl (C=O) groups is 3. The number of para-hydroxylation sites is 2. The Hall–Kier alpha value is -3.59. The van der Waals surface area contributed by atoms with Crippen molar-refractivity contribution in [2.45, 2.75) is 62.9 Å². The van der Waals surface area contributed by atoms with E-state index in [9.17, 15) is 14.4 Å². The minimum Gasteiger partial charge on any atom is -0.493 e. The largest absolute Gasteiger partial charge is 0.493 e. The summed E-state index contributed by atoms with van der Waals surface area (Å²) in [6.07, 6.45) is 3.98. The number of amides is 3. The highest BCUT2D eigenvalue weighted by molar-refractivity contribution is 6.05. The summed E-state index contributed by atoms with van der Waals surface area (Å²) < 4.78 is 18.0. The van der Waals surface area contributed by atoms with Crippen LogP contribution >= 0.6 is 0 Å². The molecule has 3 aliphatic heterocycles. The third-order valence-corrected chi connectivity index (χ3v) is 7.91. The number of likely N-dealkylation sites (tertiary alicyclic amines) is 1. The smallest absolute Gasteiger partial charge is 0.255 e. The van der Waals surface area contributed by atoms with E-state index < -0.39 is 11.9 Å². The van der Waals surface area contributed by atoms with Crippen LogP contribution in [0, 0.1) is 0 Å². The van der Waals surface area contributed by atoms with Crippen LogP contribution in [0.2, 0.25) is 0 Å². The Balaban J connectivity index is 1.07. The predicted molar refractivity (Wildman–Crippen MR) is 134 cm³/mol. The Morgan fingerprint density at radius 2 is 1.76 bits per heavy atom. The lowest BCUT2D eigenvalue weighted by Crippen LogP contribution is -2.60. The number of hydrogen-bond donors (Lipinski definition) is 1. The van der Waals surface area contributed by atoms with Gasteiger partial charge in [0, 0.05) is 37.7 Å². The first kappa shape index (κ1) is 23.8. The highest BCUT2D eigenvalue weighted by Gasteiger charge is 2.42. The van der Waals surface area contributed by atoms with Gasteiger partial charge in [0.05, 0.1) is 7.11 Å². The molecule has 37 heavy (non-hydrogen) atoms. The van der Waals surface area contributed by atoms with Crippen molar-refractivity contribution in [1.82, 2.24) is 15.1 Å². The molecule has 9 heteroatoms. The van der Waals surface area contributed by atoms with E-state index in [4.69, 9.17) is 14.2 Å². The van der Waals surface area contributed by atoms with E-state index in [2.05, 4.69) is 10.2 Å². The highest BCUT2D eigenvalue weighted by Crippen LogP contribution is 2.35. The summed E-state index contributed by atoms with van der Waals surface area (Å²) in [4.78, 5) is 40.8. The van der Waals surface area contributed by atoms with Crippen molar-refractivity contribution in [2.24, 2.45) is 0 Å². The van der Waals surface area contributed by atoms with Crippen LogP contribution in [0.25, 0.3) is 0 Å². The van der Waals surface area contributed by atoms with Gasteiger partial charge in [0.2, 0.25) is 11.8 Å². The molecule has 1 aliphatic carbocycles. The van der Waals surface area contributed by atoms with Gasteiger partial charge in [0.25, 0.3) is 5.91 Å². The average molecular weight is 506 g/mol. The summed E-state index contributed by atoms with van der Waals surface area (Å²) in [6, 6.07) is 13.0. The van der Waals surface area contributed by atoms with Gasteiger partial charge in [0.1, 0.15) is 24.0 Å². The molecule has 6 rings (SSSR count). The molecule has 0 bridgehead atoms. The van der Waals surface area contributed by atoms with Crippen molar-refractivity contribution in [3.63, 3.8) is 0 Å². The molecule has 0 spiro atoms. The predicted octanol–water partition coefficient (Wildman–Crippen LogP) is 2.52. The molecule has 3 heterocycles. The summed E-state index contributed by atoms with van der Waals surface area (Å²) in [5, 5.41) is 2.35. The van der Waals surface area contributed by atoms with E-state index >= 15 is 0 Å². The SMILES string of the molecule is COc1ccccc1OC1CN([C@@H]2CCC[C@H]2Oc2ccc3c(c2)CN(C2CCC(=O)NC2=O)C3=O)C1. The van der Waals surface area contributed by atoms with Crippen LogP contribution in [0.4, 0.5) is 0 Å². The van der Waals surface area contributed by atoms with Gasteiger partial charge >= 0.3 is 0 Å². The molecule has 0 radical (unpaired) electrons. The summed E-state index contributed by atoms with van der Waals surface area (Å²) in [5.74, 6) is 1.41. The maximum Gasteiger partial charge on any atom is 0.255 e. The third-order valence-electron chi connectivity index (χ3n) is 7.91. The number of imide groups is 1. The van der Waals surface area contributed by atoms with Gasteiger partial charge in [-0.05, 0) is 61.6 Å². The molecule has 2 aromatic rings. The first-order valence-electron chi connectivity index (χ1n) is 13.0. The summed E-state index contributed by atoms with van der Waals surface area (Å²) in [7, 11) is 1.65. The first-order valence-corrected chi connectivity index (χ1v) is 13.0. The molecule has 9 nitrogen and oxygen atoms in total. The molecule has 4 aliphatic rings. The number of ether oxygens (including phenoxy) is 3. The van der Waals surface area contributed by atoms with Crippen molar-refractivity contribution < 1.29 is 28.6 Å². The lowest BCUT2D eigenvalue weighted by molar-refractivity contribution is -0.136. The summed E-state index contributed by atoms with van der Waals surface area (Å²) >= 11 is 0. The van der Waals surface area contributed by atoms with Crippen LogP contribution in [-0.2, 0) is 16.1 Å². The number of hydrogen-bond acceptors (Lipinski definition) is 7. The first-order chi connectivity index (χ1) is 18.0. The molecule has 2 aromatic carbocycles. The molecule has 3 amide bonds. The quantitative estimate of drug-likeness (QED) is 0.578. The monoisotopic (exact) mass is 505 g/mol. The lowest BCUT2D eigenvalue weighted by atomic mass is 10.0. The Morgan fingerprint density at radius 3 is 2.54 bits per heavy atom. The van der Waals surface area contributed by atoms with Gasteiger partial charge in [-0.1, -0.05) is 12.1 Å². The topological polar surface area (TPSA) is 97.4 Å². The normalized spacial score (nSPS) is 26.0. The van der Waals surface area contributed by atoms with E-state index in [1.165, 1.54) is 0 Å². The van der Waals surface area contributed by atoms with Gasteiger partial charge < -0.3 is 19.1 Å². The van der Waals surface area contributed by atoms with Crippen molar-refractivity contribution in [3.05, 3.63) is 53.6 Å². The molecular weight excluding hydrogens is 474 g/mol. The van der Waals surface area contributed by atoms with Crippen molar-refractivity contribution >= 4 is 17.7 Å². The highest BCUT2D eigenvalue weighted by atomic mass is 16.5.